The van der Waals surface area contributed by atoms with Crippen molar-refractivity contribution in [3.8, 4) is 6.07 Å². The van der Waals surface area contributed by atoms with Crippen LogP contribution >= 0.6 is 0 Å². The molecule has 14 heavy (non-hydrogen) atoms. The number of nitrogens with zero attached hydrogens (tertiary/aromatic N) is 2. The molecule has 0 N–H and O–H groups in total. The maximum Gasteiger partial charge on any atom is 0.237 e. The van der Waals surface area contributed by atoms with E-state index in [4.69, 9.17) is 9.68 Å². The van der Waals surface area contributed by atoms with Gasteiger partial charge in [-0.15, -0.1) is 0 Å². The highest BCUT2D eigenvalue weighted by molar-refractivity contribution is 5.78. The summed E-state index contributed by atoms with van der Waals surface area (Å²) in [5.74, 6) is 0.574. The number of carbonyl (C=O) groups is 1. The minimum absolute atomic E-state index is 0.0749. The van der Waals surface area contributed by atoms with E-state index in [2.05, 4.69) is 0 Å². The van der Waals surface area contributed by atoms with Crippen molar-refractivity contribution in [2.24, 2.45) is 0 Å². The quantitative estimate of drug-likeness (QED) is 0.727. The normalized spacial score (nSPS) is 9.43. The molecule has 1 aromatic rings. The highest BCUT2D eigenvalue weighted by Gasteiger charge is 2.12. The predicted octanol–water partition coefficient (Wildman–Crippen LogP) is 1.54. The number of rotatable bonds is 4. The maximum absolute atomic E-state index is 11.4. The Morgan fingerprint density at radius 2 is 2.50 bits per heavy atom. The van der Waals surface area contributed by atoms with Gasteiger partial charge in [0.1, 0.15) is 12.2 Å². The number of carbonyl (C=O) groups excluding carboxylic acids is 1. The van der Waals surface area contributed by atoms with Crippen LogP contribution in [-0.4, -0.2) is 17.4 Å². The summed E-state index contributed by atoms with van der Waals surface area (Å²) in [5, 5.41) is 8.39. The maximum atomic E-state index is 11.4. The van der Waals surface area contributed by atoms with Crippen LogP contribution in [0.3, 0.4) is 0 Å². The van der Waals surface area contributed by atoms with Crippen molar-refractivity contribution in [1.82, 2.24) is 4.90 Å². The molecule has 1 heterocycles. The summed E-state index contributed by atoms with van der Waals surface area (Å²) in [6, 6.07) is 5.42. The average Bonchev–Trinajstić information content (AvgIpc) is 2.66. The molecule has 0 aliphatic carbocycles. The second-order valence-electron chi connectivity index (χ2n) is 2.82. The first kappa shape index (κ1) is 10.3. The second-order valence-corrected chi connectivity index (χ2v) is 2.82. The van der Waals surface area contributed by atoms with Gasteiger partial charge in [-0.1, -0.05) is 0 Å². The van der Waals surface area contributed by atoms with Crippen LogP contribution < -0.4 is 0 Å². The molecule has 1 amide bonds. The van der Waals surface area contributed by atoms with Gasteiger partial charge in [0.15, 0.2) is 0 Å². The van der Waals surface area contributed by atoms with Gasteiger partial charge in [0.05, 0.1) is 18.9 Å². The van der Waals surface area contributed by atoms with Gasteiger partial charge >= 0.3 is 0 Å². The lowest BCUT2D eigenvalue weighted by Gasteiger charge is -2.17. The Labute approximate surface area is 82.7 Å². The van der Waals surface area contributed by atoms with E-state index < -0.39 is 0 Å². The zero-order valence-electron chi connectivity index (χ0n) is 8.06. The third-order valence-electron chi connectivity index (χ3n) is 1.89. The van der Waals surface area contributed by atoms with Crippen LogP contribution in [0.25, 0.3) is 0 Å². The third-order valence-corrected chi connectivity index (χ3v) is 1.89. The summed E-state index contributed by atoms with van der Waals surface area (Å²) < 4.78 is 5.12. The lowest BCUT2D eigenvalue weighted by molar-refractivity contribution is -0.130. The van der Waals surface area contributed by atoms with E-state index in [-0.39, 0.29) is 12.3 Å². The van der Waals surface area contributed by atoms with Crippen molar-refractivity contribution in [3.05, 3.63) is 24.2 Å². The van der Waals surface area contributed by atoms with Crippen LogP contribution in [0.4, 0.5) is 0 Å². The molecule has 0 unspecified atom stereocenters. The molecular formula is C10H12N2O2. The van der Waals surface area contributed by atoms with Crippen LogP contribution in [-0.2, 0) is 11.3 Å². The van der Waals surface area contributed by atoms with Gasteiger partial charge < -0.3 is 9.32 Å². The number of hydrogen-bond donors (Lipinski definition) is 0. The van der Waals surface area contributed by atoms with Gasteiger partial charge in [0, 0.05) is 6.54 Å². The number of nitriles is 1. The predicted molar refractivity (Wildman–Crippen MR) is 50.0 cm³/mol. The van der Waals surface area contributed by atoms with Crippen molar-refractivity contribution in [2.45, 2.75) is 19.9 Å². The molecule has 0 aromatic carbocycles. The van der Waals surface area contributed by atoms with Crippen molar-refractivity contribution in [2.75, 3.05) is 6.54 Å². The van der Waals surface area contributed by atoms with Gasteiger partial charge in [-0.3, -0.25) is 4.79 Å². The van der Waals surface area contributed by atoms with Crippen molar-refractivity contribution in [3.63, 3.8) is 0 Å². The van der Waals surface area contributed by atoms with Crippen molar-refractivity contribution >= 4 is 5.91 Å². The zero-order valence-corrected chi connectivity index (χ0v) is 8.06. The average molecular weight is 192 g/mol. The molecule has 0 saturated carbocycles. The topological polar surface area (TPSA) is 57.2 Å². The molecule has 0 radical (unpaired) electrons. The molecule has 1 aromatic heterocycles. The first-order valence-electron chi connectivity index (χ1n) is 4.45. The SMILES string of the molecule is CCN(Cc1ccco1)C(=O)CC#N. The van der Waals surface area contributed by atoms with Crippen molar-refractivity contribution < 1.29 is 9.21 Å². The summed E-state index contributed by atoms with van der Waals surface area (Å²) in [6.45, 7) is 2.89. The van der Waals surface area contributed by atoms with E-state index in [1.54, 1.807) is 17.2 Å². The van der Waals surface area contributed by atoms with Gasteiger partial charge in [0.2, 0.25) is 5.91 Å². The summed E-state index contributed by atoms with van der Waals surface area (Å²) in [4.78, 5) is 12.9. The Morgan fingerprint density at radius 1 is 1.71 bits per heavy atom. The van der Waals surface area contributed by atoms with Gasteiger partial charge in [0.25, 0.3) is 0 Å². The fourth-order valence-electron chi connectivity index (χ4n) is 1.15. The lowest BCUT2D eigenvalue weighted by atomic mass is 10.3. The largest absolute Gasteiger partial charge is 0.467 e. The Kier molecular flexibility index (Phi) is 3.74. The molecule has 0 atom stereocenters. The highest BCUT2D eigenvalue weighted by Crippen LogP contribution is 2.06. The zero-order chi connectivity index (χ0) is 10.4. The van der Waals surface area contributed by atoms with Crippen LogP contribution in [0.5, 0.6) is 0 Å². The first-order valence-corrected chi connectivity index (χ1v) is 4.45. The van der Waals surface area contributed by atoms with Gasteiger partial charge in [-0.05, 0) is 19.1 Å². The molecule has 0 aliphatic rings. The molecular weight excluding hydrogens is 180 g/mol. The third kappa shape index (κ3) is 2.63. The van der Waals surface area contributed by atoms with E-state index in [1.807, 2.05) is 19.1 Å². The Bertz CT molecular complexity index is 324. The molecule has 0 aliphatic heterocycles. The summed E-state index contributed by atoms with van der Waals surface area (Å²) in [6.07, 6.45) is 1.49. The van der Waals surface area contributed by atoms with Crippen LogP contribution in [0.1, 0.15) is 19.1 Å². The molecule has 1 rings (SSSR count). The minimum Gasteiger partial charge on any atom is -0.467 e. The molecule has 0 spiro atoms. The smallest absolute Gasteiger partial charge is 0.237 e. The highest BCUT2D eigenvalue weighted by atomic mass is 16.3. The molecule has 4 nitrogen and oxygen atoms in total. The lowest BCUT2D eigenvalue weighted by Crippen LogP contribution is -2.29. The molecule has 0 bridgehead atoms. The standard InChI is InChI=1S/C10H12N2O2/c1-2-12(10(13)5-6-11)8-9-4-3-7-14-9/h3-4,7H,2,5,8H2,1H3. The first-order chi connectivity index (χ1) is 6.77. The van der Waals surface area contributed by atoms with Gasteiger partial charge in [-0.25, -0.2) is 0 Å². The van der Waals surface area contributed by atoms with Crippen molar-refractivity contribution in [1.29, 1.82) is 5.26 Å². The van der Waals surface area contributed by atoms with E-state index in [0.717, 1.165) is 5.76 Å². The summed E-state index contributed by atoms with van der Waals surface area (Å²) in [5.41, 5.74) is 0. The second kappa shape index (κ2) is 5.07. The number of amides is 1. The van der Waals surface area contributed by atoms with Gasteiger partial charge in [-0.2, -0.15) is 5.26 Å². The Morgan fingerprint density at radius 3 is 3.00 bits per heavy atom. The monoisotopic (exact) mass is 192 g/mol. The van der Waals surface area contributed by atoms with E-state index >= 15 is 0 Å². The van der Waals surface area contributed by atoms with Crippen LogP contribution in [0, 0.1) is 11.3 Å². The number of furan rings is 1. The molecule has 4 heteroatoms. The minimum atomic E-state index is -0.161. The molecule has 0 fully saturated rings. The van der Waals surface area contributed by atoms with Crippen LogP contribution in [0.15, 0.2) is 22.8 Å². The summed E-state index contributed by atoms with van der Waals surface area (Å²) in [7, 11) is 0. The fraction of sp³-hybridized carbons (Fsp3) is 0.400. The molecule has 74 valence electrons. The fourth-order valence-corrected chi connectivity index (χ4v) is 1.15. The number of hydrogen-bond acceptors (Lipinski definition) is 3. The van der Waals surface area contributed by atoms with E-state index in [9.17, 15) is 4.79 Å². The Balaban J connectivity index is 2.56. The molecule has 0 saturated heterocycles. The van der Waals surface area contributed by atoms with Crippen LogP contribution in [0.2, 0.25) is 0 Å². The van der Waals surface area contributed by atoms with E-state index in [0.29, 0.717) is 13.1 Å². The Hall–Kier alpha value is -1.76. The van der Waals surface area contributed by atoms with E-state index in [1.165, 1.54) is 0 Å². The summed E-state index contributed by atoms with van der Waals surface area (Å²) >= 11 is 0.